The molecule has 168 valence electrons. The van der Waals surface area contributed by atoms with Crippen LogP contribution in [-0.4, -0.2) is 44.7 Å². The number of hydrogen-bond donors (Lipinski definition) is 1. The van der Waals surface area contributed by atoms with Gasteiger partial charge < -0.3 is 19.7 Å². The van der Waals surface area contributed by atoms with E-state index in [1.165, 1.54) is 5.56 Å². The van der Waals surface area contributed by atoms with E-state index in [0.29, 0.717) is 37.1 Å². The number of ether oxygens (including phenoxy) is 2. The van der Waals surface area contributed by atoms with Crippen LogP contribution in [-0.2, 0) is 17.6 Å². The van der Waals surface area contributed by atoms with Crippen molar-refractivity contribution in [3.63, 3.8) is 0 Å². The van der Waals surface area contributed by atoms with Gasteiger partial charge in [-0.05, 0) is 54.9 Å². The zero-order valence-electron chi connectivity index (χ0n) is 18.8. The Morgan fingerprint density at radius 3 is 2.47 bits per heavy atom. The summed E-state index contributed by atoms with van der Waals surface area (Å²) in [6, 6.07) is 18.3. The molecule has 0 spiro atoms. The molecule has 1 amide bonds. The van der Waals surface area contributed by atoms with Gasteiger partial charge in [-0.3, -0.25) is 4.79 Å². The monoisotopic (exact) mass is 433 g/mol. The van der Waals surface area contributed by atoms with Crippen molar-refractivity contribution < 1.29 is 14.3 Å². The maximum absolute atomic E-state index is 12.8. The van der Waals surface area contributed by atoms with Crippen LogP contribution in [0, 0.1) is 17.2 Å². The average Bonchev–Trinajstić information content (AvgIpc) is 2.84. The fourth-order valence-corrected chi connectivity index (χ4v) is 4.03. The minimum absolute atomic E-state index is 0.152. The predicted octanol–water partition coefficient (Wildman–Crippen LogP) is 3.72. The van der Waals surface area contributed by atoms with E-state index in [9.17, 15) is 10.1 Å². The lowest BCUT2D eigenvalue weighted by molar-refractivity contribution is -0.128. The summed E-state index contributed by atoms with van der Waals surface area (Å²) in [4.78, 5) is 14.6. The molecule has 1 saturated heterocycles. The van der Waals surface area contributed by atoms with Crippen molar-refractivity contribution in [1.29, 1.82) is 5.26 Å². The normalized spacial score (nSPS) is 14.5. The number of amides is 1. The average molecular weight is 434 g/mol. The first-order valence-electron chi connectivity index (χ1n) is 11.0. The Morgan fingerprint density at radius 1 is 1.09 bits per heavy atom. The highest BCUT2D eigenvalue weighted by Gasteiger charge is 2.25. The lowest BCUT2D eigenvalue weighted by Crippen LogP contribution is -2.39. The highest BCUT2D eigenvalue weighted by Crippen LogP contribution is 2.27. The van der Waals surface area contributed by atoms with Crippen LogP contribution in [0.2, 0.25) is 0 Å². The van der Waals surface area contributed by atoms with Crippen LogP contribution >= 0.6 is 0 Å². The number of benzene rings is 2. The molecule has 0 atom stereocenters. The number of carbonyl (C=O) groups is 1. The second-order valence-corrected chi connectivity index (χ2v) is 7.99. The van der Waals surface area contributed by atoms with Crippen molar-refractivity contribution >= 4 is 5.91 Å². The highest BCUT2D eigenvalue weighted by molar-refractivity contribution is 5.97. The van der Waals surface area contributed by atoms with E-state index in [-0.39, 0.29) is 11.5 Å². The third-order valence-corrected chi connectivity index (χ3v) is 5.87. The molecule has 0 aliphatic carbocycles. The van der Waals surface area contributed by atoms with Gasteiger partial charge in [0.25, 0.3) is 5.91 Å². The highest BCUT2D eigenvalue weighted by atomic mass is 16.5. The maximum Gasteiger partial charge on any atom is 0.265 e. The molecular weight excluding hydrogens is 402 g/mol. The summed E-state index contributed by atoms with van der Waals surface area (Å²) in [5.41, 5.74) is 2.57. The van der Waals surface area contributed by atoms with Gasteiger partial charge in [0.05, 0.1) is 14.2 Å². The lowest BCUT2D eigenvalue weighted by atomic mass is 9.90. The number of hydrogen-bond acceptors (Lipinski definition) is 5. The fraction of sp³-hybridized carbons (Fsp3) is 0.385. The van der Waals surface area contributed by atoms with Gasteiger partial charge in [-0.25, -0.2) is 0 Å². The van der Waals surface area contributed by atoms with Gasteiger partial charge in [0.15, 0.2) is 11.5 Å². The largest absolute Gasteiger partial charge is 0.493 e. The van der Waals surface area contributed by atoms with Crippen LogP contribution < -0.4 is 14.8 Å². The van der Waals surface area contributed by atoms with Gasteiger partial charge in [-0.2, -0.15) is 5.26 Å². The first-order chi connectivity index (χ1) is 15.6. The molecule has 6 nitrogen and oxygen atoms in total. The first kappa shape index (κ1) is 23.2. The Hall–Kier alpha value is -3.46. The third kappa shape index (κ3) is 6.27. The predicted molar refractivity (Wildman–Crippen MR) is 124 cm³/mol. The summed E-state index contributed by atoms with van der Waals surface area (Å²) >= 11 is 0. The summed E-state index contributed by atoms with van der Waals surface area (Å²) in [5.74, 6) is 1.76. The van der Waals surface area contributed by atoms with E-state index in [1.54, 1.807) is 25.3 Å². The number of nitrogens with zero attached hydrogens (tertiary/aromatic N) is 2. The van der Waals surface area contributed by atoms with E-state index >= 15 is 0 Å². The molecule has 0 aromatic heterocycles. The minimum Gasteiger partial charge on any atom is -0.493 e. The van der Waals surface area contributed by atoms with E-state index in [1.807, 2.05) is 24.3 Å². The number of rotatable bonds is 9. The number of carbonyl (C=O) groups excluding carboxylic acids is 1. The molecule has 0 unspecified atom stereocenters. The molecule has 1 N–H and O–H groups in total. The molecule has 2 aromatic rings. The molecule has 0 saturated carbocycles. The third-order valence-electron chi connectivity index (χ3n) is 5.87. The van der Waals surface area contributed by atoms with Crippen molar-refractivity contribution in [3.05, 3.63) is 71.4 Å². The number of piperidine rings is 1. The van der Waals surface area contributed by atoms with Crippen molar-refractivity contribution in [2.45, 2.75) is 25.7 Å². The number of nitrogens with one attached hydrogen (secondary N) is 1. The second-order valence-electron chi connectivity index (χ2n) is 7.99. The van der Waals surface area contributed by atoms with Crippen molar-refractivity contribution in [3.8, 4) is 17.6 Å². The van der Waals surface area contributed by atoms with Crippen LogP contribution in [0.4, 0.5) is 0 Å². The molecule has 1 aliphatic rings. The van der Waals surface area contributed by atoms with Gasteiger partial charge in [0, 0.05) is 25.8 Å². The van der Waals surface area contributed by atoms with Gasteiger partial charge in [-0.1, -0.05) is 36.4 Å². The molecule has 2 aromatic carbocycles. The van der Waals surface area contributed by atoms with Gasteiger partial charge >= 0.3 is 0 Å². The summed E-state index contributed by atoms with van der Waals surface area (Å²) in [6.07, 6.45) is 5.24. The summed E-state index contributed by atoms with van der Waals surface area (Å²) < 4.78 is 10.6. The van der Waals surface area contributed by atoms with Crippen LogP contribution in [0.15, 0.2) is 60.3 Å². The summed E-state index contributed by atoms with van der Waals surface area (Å²) in [6.45, 7) is 2.00. The minimum atomic E-state index is -0.190. The Morgan fingerprint density at radius 2 is 1.81 bits per heavy atom. The molecule has 3 rings (SSSR count). The van der Waals surface area contributed by atoms with Gasteiger partial charge in [0.1, 0.15) is 11.6 Å². The number of nitriles is 1. The van der Waals surface area contributed by atoms with Crippen LogP contribution in [0.5, 0.6) is 11.5 Å². The molecule has 1 fully saturated rings. The first-order valence-corrected chi connectivity index (χ1v) is 11.0. The molecule has 32 heavy (non-hydrogen) atoms. The van der Waals surface area contributed by atoms with E-state index in [4.69, 9.17) is 9.47 Å². The number of methoxy groups -OCH3 is 2. The van der Waals surface area contributed by atoms with Crippen molar-refractivity contribution in [1.82, 2.24) is 10.2 Å². The molecule has 6 heteroatoms. The number of likely N-dealkylation sites (tertiary alicyclic amines) is 1. The quantitative estimate of drug-likeness (QED) is 0.371. The Kier molecular flexibility index (Phi) is 8.56. The maximum atomic E-state index is 12.8. The Balaban J connectivity index is 1.47. The second kappa shape index (κ2) is 11.8. The van der Waals surface area contributed by atoms with E-state index in [0.717, 1.165) is 31.2 Å². The molecular formula is C26H31N3O3. The van der Waals surface area contributed by atoms with E-state index < -0.39 is 0 Å². The van der Waals surface area contributed by atoms with E-state index in [2.05, 4.69) is 35.7 Å². The van der Waals surface area contributed by atoms with Crippen molar-refractivity contribution in [2.24, 2.45) is 5.92 Å². The lowest BCUT2D eigenvalue weighted by Gasteiger charge is -2.32. The Bertz CT molecular complexity index is 958. The smallest absolute Gasteiger partial charge is 0.265 e. The SMILES string of the molecule is COc1ccc(CCN/C=C(/C#N)C(=O)N2CCC(Cc3ccccc3)CC2)cc1OC. The fourth-order valence-electron chi connectivity index (χ4n) is 4.03. The molecule has 0 bridgehead atoms. The molecule has 1 aliphatic heterocycles. The Labute approximate surface area is 190 Å². The van der Waals surface area contributed by atoms with Crippen LogP contribution in [0.1, 0.15) is 24.0 Å². The summed E-state index contributed by atoms with van der Waals surface area (Å²) in [7, 11) is 3.22. The molecule has 1 heterocycles. The zero-order valence-corrected chi connectivity index (χ0v) is 18.8. The van der Waals surface area contributed by atoms with Crippen molar-refractivity contribution in [2.75, 3.05) is 33.9 Å². The standard InChI is InChI=1S/C26H31N3O3/c1-31-24-9-8-21(17-25(24)32-2)10-13-28-19-23(18-27)26(30)29-14-11-22(12-15-29)16-20-6-4-3-5-7-20/h3-9,17,19,22,28H,10-16H2,1-2H3/b23-19-. The van der Waals surface area contributed by atoms with Crippen LogP contribution in [0.25, 0.3) is 0 Å². The van der Waals surface area contributed by atoms with Crippen LogP contribution in [0.3, 0.4) is 0 Å². The molecule has 0 radical (unpaired) electrons. The zero-order chi connectivity index (χ0) is 22.8. The van der Waals surface area contributed by atoms with Gasteiger partial charge in [0.2, 0.25) is 0 Å². The topological polar surface area (TPSA) is 74.6 Å². The summed E-state index contributed by atoms with van der Waals surface area (Å²) in [5, 5.41) is 12.6. The van der Waals surface area contributed by atoms with Gasteiger partial charge in [-0.15, -0.1) is 0 Å².